The van der Waals surface area contributed by atoms with Crippen LogP contribution in [0.4, 0.5) is 35.5 Å². The normalized spacial score (nSPS) is 13.7. The van der Waals surface area contributed by atoms with Gasteiger partial charge in [-0.15, -0.1) is 11.3 Å². The average molecular weight is 1620 g/mol. The van der Waals surface area contributed by atoms with Crippen molar-refractivity contribution in [2.75, 3.05) is 34.2 Å². The Labute approximate surface area is 679 Å². The first-order valence-corrected chi connectivity index (χ1v) is 38.2. The molecule has 4 N–H and O–H groups in total. The third-order valence-electron chi connectivity index (χ3n) is 19.2. The van der Waals surface area contributed by atoms with E-state index in [0.29, 0.717) is 67.0 Å². The topological polar surface area (TPSA) is 259 Å². The number of carbonyl (C=O) groups excluding carboxylic acids is 6. The number of hydrazone groups is 1. The molecule has 1 atom stereocenters. The fourth-order valence-corrected chi connectivity index (χ4v) is 13.5. The highest BCUT2D eigenvalue weighted by molar-refractivity contribution is 7.12. The molecule has 22 nitrogen and oxygen atoms in total. The number of ketones is 3. The van der Waals surface area contributed by atoms with Gasteiger partial charge in [-0.25, -0.2) is 34.6 Å². The van der Waals surface area contributed by atoms with Crippen molar-refractivity contribution in [2.45, 2.75) is 104 Å². The minimum atomic E-state index is -4.59. The predicted octanol–water partition coefficient (Wildman–Crippen LogP) is 13.0. The fourth-order valence-electron chi connectivity index (χ4n) is 12.8. The molecule has 7 heterocycles. The van der Waals surface area contributed by atoms with E-state index in [1.54, 1.807) is 100 Å². The molecule has 0 radical (unpaired) electrons. The molecule has 1 unspecified atom stereocenters. The number of hydrogen-bond donors (Lipinski definition) is 3. The highest BCUT2D eigenvalue weighted by Gasteiger charge is 2.34. The van der Waals surface area contributed by atoms with Crippen LogP contribution in [0.3, 0.4) is 0 Å². The van der Waals surface area contributed by atoms with Gasteiger partial charge < -0.3 is 34.2 Å². The van der Waals surface area contributed by atoms with Crippen LogP contribution in [0.1, 0.15) is 156 Å². The molecule has 30 heteroatoms. The van der Waals surface area contributed by atoms with Crippen LogP contribution >= 0.6 is 11.3 Å². The van der Waals surface area contributed by atoms with E-state index in [9.17, 15) is 59.5 Å². The molecule has 1 saturated carbocycles. The van der Waals surface area contributed by atoms with Crippen molar-refractivity contribution in [1.29, 1.82) is 0 Å². The standard InChI is InChI=1S/C32H31F3N6O2.C30H28FN5O2S.C26H20F3N5O2/c1-20-5-6-23(16-22(20)7-10-26-18-37-30(40(26)4)31(43)38-25-8-9-25)28(42)15-21-13-24(32(33,34)35)17-27(14-21)41-12-11-36-29(41)19-39(2)3;1-20-4-5-23(13-22(20)6-7-27-16-33-30(39-27)15-29(32)38)28(37)12-21-10-24(31)14-26(11-21)36-18-25(34-19-36)17-35-8-2-3-9-35;1-17-3-5-21(12-20(17)6-4-18-14-32-34(15-18)25(36)30-2)24(35)11-19-9-22(26(27,28)29)13-23(10-19)33-8-7-31-16-33/h5-6,11-14,16-18,25H,8-9,15,19H2,1-4H3,(H,38,43);4-5,10-11,13-14,16,18-19H,2-3,8-9,12,15,17H2,1H3,(H2,32,38);3,5,7-10,12-16,18H,11H2,1-2H3/p+1. The van der Waals surface area contributed by atoms with Crippen molar-refractivity contribution in [1.82, 2.24) is 63.6 Å². The maximum Gasteiger partial charge on any atom is 0.516 e. The molecule has 5 aromatic heterocycles. The zero-order valence-electron chi connectivity index (χ0n) is 65.3. The number of nitrogens with two attached hydrogens (primary N) is 1. The molecule has 3 aliphatic rings. The van der Waals surface area contributed by atoms with Gasteiger partial charge in [-0.2, -0.15) is 31.1 Å². The number of primary amides is 1. The molecule has 602 valence electrons. The summed E-state index contributed by atoms with van der Waals surface area (Å²) < 4.78 is 104. The third kappa shape index (κ3) is 22.4. The summed E-state index contributed by atoms with van der Waals surface area (Å²) >= 11 is 1.31. The van der Waals surface area contributed by atoms with Gasteiger partial charge in [0.1, 0.15) is 34.5 Å². The Bertz CT molecular complexity index is 5920. The maximum atomic E-state index is 14.5. The number of halogens is 7. The van der Waals surface area contributed by atoms with Gasteiger partial charge in [-0.3, -0.25) is 28.9 Å². The van der Waals surface area contributed by atoms with Gasteiger partial charge in [0.15, 0.2) is 23.2 Å². The molecule has 2 fully saturated rings. The van der Waals surface area contributed by atoms with Crippen LogP contribution in [0.15, 0.2) is 170 Å². The van der Waals surface area contributed by atoms with Crippen molar-refractivity contribution >= 4 is 59.0 Å². The monoisotopic (exact) mass is 1620 g/mol. The number of alkyl halides is 6. The SMILES string of the molecule is CNC(=O)[N+]1=CC(C#Cc2cc(C(=O)Cc3cc(-n4ccnc4)cc(C(F)(F)F)c3)ccc2C)C=N1.Cc1ccc(C(=O)Cc2cc(-n3ccnc3CN(C)C)cc(C(F)(F)F)c2)cc1C#Cc1cnc(C(=O)NC2CC2)n1C.Cc1ccc(C(=O)Cc2cc(F)cc(-n3cnc(CN4CCCC4)c3)c2)cc1C#Cc1cnc(CC(N)=O)s1. The Morgan fingerprint density at radius 2 is 1.21 bits per heavy atom. The molecular weight excluding hydrogens is 1540 g/mol. The lowest BCUT2D eigenvalue weighted by molar-refractivity contribution is -0.425. The number of hydrogen-bond acceptors (Lipinski definition) is 15. The van der Waals surface area contributed by atoms with Gasteiger partial charge in [0.2, 0.25) is 5.91 Å². The van der Waals surface area contributed by atoms with Gasteiger partial charge in [0.05, 0.1) is 73.0 Å². The van der Waals surface area contributed by atoms with Crippen molar-refractivity contribution in [2.24, 2.45) is 23.8 Å². The number of likely N-dealkylation sites (tertiary alicyclic amines) is 1. The lowest BCUT2D eigenvalue weighted by atomic mass is 9.97. The molecule has 2 aliphatic heterocycles. The molecule has 4 amide bonds. The van der Waals surface area contributed by atoms with Crippen molar-refractivity contribution < 1.29 is 64.2 Å². The van der Waals surface area contributed by atoms with E-state index >= 15 is 0 Å². The van der Waals surface area contributed by atoms with Crippen LogP contribution in [-0.4, -0.2) is 146 Å². The summed E-state index contributed by atoms with van der Waals surface area (Å²) in [6.07, 6.45) is 12.3. The second kappa shape index (κ2) is 37.1. The molecule has 0 spiro atoms. The van der Waals surface area contributed by atoms with Gasteiger partial charge >= 0.3 is 18.4 Å². The Balaban J connectivity index is 0.000000163. The number of urea groups is 1. The van der Waals surface area contributed by atoms with Crippen LogP contribution in [0.2, 0.25) is 0 Å². The predicted molar refractivity (Wildman–Crippen MR) is 431 cm³/mol. The molecule has 6 aromatic carbocycles. The maximum absolute atomic E-state index is 14.5. The van der Waals surface area contributed by atoms with Crippen LogP contribution in [0.25, 0.3) is 17.1 Å². The number of nitrogens with one attached hydrogen (secondary N) is 2. The largest absolute Gasteiger partial charge is 0.516 e. The Morgan fingerprint density at radius 3 is 1.78 bits per heavy atom. The highest BCUT2D eigenvalue weighted by atomic mass is 32.1. The second-order valence-corrected chi connectivity index (χ2v) is 29.9. The lowest BCUT2D eigenvalue weighted by Gasteiger charge is -2.16. The van der Waals surface area contributed by atoms with Crippen molar-refractivity contribution in [3.8, 4) is 52.6 Å². The molecule has 14 rings (SSSR count). The Hall–Kier alpha value is -13.3. The second-order valence-electron chi connectivity index (χ2n) is 28.8. The van der Waals surface area contributed by atoms with Crippen molar-refractivity contribution in [3.05, 3.63) is 282 Å². The first kappa shape index (κ1) is 84.1. The van der Waals surface area contributed by atoms with E-state index in [0.717, 1.165) is 89.4 Å². The van der Waals surface area contributed by atoms with Crippen molar-refractivity contribution in [3.63, 3.8) is 0 Å². The smallest absolute Gasteiger partial charge is 0.369 e. The van der Waals surface area contributed by atoms with E-state index < -0.39 is 35.2 Å². The number of aromatic nitrogens is 9. The van der Waals surface area contributed by atoms with E-state index in [-0.39, 0.29) is 95.3 Å². The molecule has 1 saturated heterocycles. The zero-order valence-corrected chi connectivity index (χ0v) is 66.1. The highest BCUT2D eigenvalue weighted by Crippen LogP contribution is 2.35. The van der Waals surface area contributed by atoms with E-state index in [1.807, 2.05) is 58.1 Å². The van der Waals surface area contributed by atoms with Gasteiger partial charge in [0, 0.05) is 120 Å². The zero-order chi connectivity index (χ0) is 84.1. The van der Waals surface area contributed by atoms with E-state index in [4.69, 9.17) is 5.73 Å². The first-order valence-electron chi connectivity index (χ1n) is 37.4. The van der Waals surface area contributed by atoms with Crippen LogP contribution in [0, 0.1) is 68.0 Å². The quantitative estimate of drug-likeness (QED) is 0.0278. The number of amides is 4. The number of nitrogens with zero attached hydrogens (tertiary/aromatic N) is 13. The molecule has 0 bridgehead atoms. The number of Topliss-reactive ketones (excluding diaryl/α,β-unsaturated/α-hetero) is 3. The van der Waals surface area contributed by atoms with Crippen LogP contribution in [-0.2, 0) is 63.0 Å². The molecular formula is C88H80F7N16O6S+. The van der Waals surface area contributed by atoms with Crippen LogP contribution in [0.5, 0.6) is 0 Å². The van der Waals surface area contributed by atoms with E-state index in [1.165, 1.54) is 91.3 Å². The summed E-state index contributed by atoms with van der Waals surface area (Å²) in [6.45, 7) is 8.98. The van der Waals surface area contributed by atoms with Gasteiger partial charge in [-0.1, -0.05) is 69.9 Å². The third-order valence-corrected chi connectivity index (χ3v) is 20.1. The fraction of sp³-hybridized carbons (Fsp3) is 0.261. The number of thiazole rings is 1. The summed E-state index contributed by atoms with van der Waals surface area (Å²) in [5.41, 5.74) is 12.9. The summed E-state index contributed by atoms with van der Waals surface area (Å²) in [7, 11) is 6.90. The summed E-state index contributed by atoms with van der Waals surface area (Å²) in [5.74, 6) is 16.8. The number of rotatable bonds is 20. The minimum Gasteiger partial charge on any atom is -0.369 e. The first-order chi connectivity index (χ1) is 56.3. The minimum absolute atomic E-state index is 0.0569. The Kier molecular flexibility index (Phi) is 26.4. The number of benzene rings is 6. The number of aryl methyl sites for hydroxylation is 3. The summed E-state index contributed by atoms with van der Waals surface area (Å²) in [5, 5.41) is 9.94. The molecule has 11 aromatic rings. The van der Waals surface area contributed by atoms with Crippen LogP contribution < -0.4 is 16.4 Å². The summed E-state index contributed by atoms with van der Waals surface area (Å²) in [4.78, 5) is 101. The van der Waals surface area contributed by atoms with Gasteiger partial charge in [-0.05, 0) is 192 Å². The molecule has 118 heavy (non-hydrogen) atoms. The number of imidazole rings is 4. The van der Waals surface area contributed by atoms with Gasteiger partial charge in [0.25, 0.3) is 5.91 Å². The average Bonchev–Trinajstić information content (AvgIpc) is 1.33. The Morgan fingerprint density at radius 1 is 0.636 bits per heavy atom. The lowest BCUT2D eigenvalue weighted by Crippen LogP contribution is -2.28. The summed E-state index contributed by atoms with van der Waals surface area (Å²) in [6, 6.07) is 27.1. The molecule has 1 aliphatic carbocycles. The number of carbonyl (C=O) groups is 6. The van der Waals surface area contributed by atoms with E-state index in [2.05, 4.69) is 81.1 Å².